The molecule has 0 aromatic heterocycles. The highest BCUT2D eigenvalue weighted by Crippen LogP contribution is 2.20. The normalized spacial score (nSPS) is 27.0. The van der Waals surface area contributed by atoms with Gasteiger partial charge in [0.05, 0.1) is 6.61 Å². The quantitative estimate of drug-likeness (QED) is 0.817. The van der Waals surface area contributed by atoms with Crippen molar-refractivity contribution < 1.29 is 4.74 Å². The summed E-state index contributed by atoms with van der Waals surface area (Å²) in [6.07, 6.45) is 4.03. The molecule has 0 aliphatic carbocycles. The molecule has 0 bridgehead atoms. The summed E-state index contributed by atoms with van der Waals surface area (Å²) >= 11 is 0. The molecule has 1 unspecified atom stereocenters. The highest BCUT2D eigenvalue weighted by Gasteiger charge is 2.23. The zero-order chi connectivity index (χ0) is 11.2. The first-order valence-electron chi connectivity index (χ1n) is 6.89. The van der Waals surface area contributed by atoms with E-state index in [1.165, 1.54) is 45.4 Å². The zero-order valence-electron chi connectivity index (χ0n) is 11.0. The van der Waals surface area contributed by atoms with Crippen molar-refractivity contribution in [2.24, 2.45) is 11.8 Å². The lowest BCUT2D eigenvalue weighted by Gasteiger charge is -2.33. The second-order valence-corrected chi connectivity index (χ2v) is 5.28. The Balaban J connectivity index is 0.00000144. The molecule has 2 rings (SSSR count). The average molecular weight is 263 g/mol. The third-order valence-corrected chi connectivity index (χ3v) is 3.93. The van der Waals surface area contributed by atoms with Crippen LogP contribution < -0.4 is 5.32 Å². The highest BCUT2D eigenvalue weighted by atomic mass is 35.5. The Morgan fingerprint density at radius 1 is 1.18 bits per heavy atom. The van der Waals surface area contributed by atoms with E-state index in [9.17, 15) is 0 Å². The molecule has 3 nitrogen and oxygen atoms in total. The maximum atomic E-state index is 5.44. The fourth-order valence-electron chi connectivity index (χ4n) is 2.81. The Kier molecular flexibility index (Phi) is 7.44. The minimum absolute atomic E-state index is 0. The second kappa shape index (κ2) is 8.30. The number of hydrogen-bond donors (Lipinski definition) is 1. The Labute approximate surface area is 112 Å². The van der Waals surface area contributed by atoms with Crippen LogP contribution in [-0.4, -0.2) is 50.8 Å². The molecule has 17 heavy (non-hydrogen) atoms. The van der Waals surface area contributed by atoms with Gasteiger partial charge >= 0.3 is 0 Å². The number of nitrogens with zero attached hydrogens (tertiary/aromatic N) is 1. The molecule has 2 heterocycles. The monoisotopic (exact) mass is 262 g/mol. The van der Waals surface area contributed by atoms with Crippen molar-refractivity contribution in [3.05, 3.63) is 0 Å². The van der Waals surface area contributed by atoms with Crippen LogP contribution in [0.4, 0.5) is 0 Å². The van der Waals surface area contributed by atoms with E-state index in [2.05, 4.69) is 17.1 Å². The van der Waals surface area contributed by atoms with Crippen LogP contribution in [0.5, 0.6) is 0 Å². The molecule has 2 fully saturated rings. The molecule has 0 radical (unpaired) electrons. The van der Waals surface area contributed by atoms with Crippen LogP contribution in [0.2, 0.25) is 0 Å². The van der Waals surface area contributed by atoms with E-state index in [-0.39, 0.29) is 12.4 Å². The predicted octanol–water partition coefficient (Wildman–Crippen LogP) is 1.77. The molecule has 1 atom stereocenters. The molecule has 1 N–H and O–H groups in total. The average Bonchev–Trinajstić information content (AvgIpc) is 2.81. The van der Waals surface area contributed by atoms with Gasteiger partial charge in [0.1, 0.15) is 0 Å². The van der Waals surface area contributed by atoms with Crippen molar-refractivity contribution in [1.29, 1.82) is 0 Å². The van der Waals surface area contributed by atoms with Crippen molar-refractivity contribution >= 4 is 12.4 Å². The number of hydrogen-bond acceptors (Lipinski definition) is 3. The maximum absolute atomic E-state index is 5.44. The Bertz CT molecular complexity index is 190. The van der Waals surface area contributed by atoms with Crippen LogP contribution in [0, 0.1) is 11.8 Å². The Hall–Kier alpha value is 0.170. The van der Waals surface area contributed by atoms with Crippen LogP contribution in [-0.2, 0) is 4.74 Å². The largest absolute Gasteiger partial charge is 0.381 e. The van der Waals surface area contributed by atoms with Crippen LogP contribution in [0.15, 0.2) is 0 Å². The van der Waals surface area contributed by atoms with E-state index >= 15 is 0 Å². The summed E-state index contributed by atoms with van der Waals surface area (Å²) in [6.45, 7) is 10.4. The number of halogens is 1. The predicted molar refractivity (Wildman–Crippen MR) is 73.9 cm³/mol. The Morgan fingerprint density at radius 2 is 1.94 bits per heavy atom. The summed E-state index contributed by atoms with van der Waals surface area (Å²) in [7, 11) is 0. The molecule has 2 aliphatic heterocycles. The van der Waals surface area contributed by atoms with Crippen LogP contribution in [0.3, 0.4) is 0 Å². The van der Waals surface area contributed by atoms with Gasteiger partial charge in [-0.1, -0.05) is 6.92 Å². The van der Waals surface area contributed by atoms with Crippen molar-refractivity contribution in [1.82, 2.24) is 10.2 Å². The summed E-state index contributed by atoms with van der Waals surface area (Å²) in [5, 5.41) is 3.47. The third-order valence-electron chi connectivity index (χ3n) is 3.93. The lowest BCUT2D eigenvalue weighted by atomic mass is 9.95. The highest BCUT2D eigenvalue weighted by molar-refractivity contribution is 5.85. The smallest absolute Gasteiger partial charge is 0.0507 e. The number of rotatable bonds is 5. The van der Waals surface area contributed by atoms with Crippen LogP contribution >= 0.6 is 12.4 Å². The molecule has 4 heteroatoms. The fourth-order valence-corrected chi connectivity index (χ4v) is 2.81. The lowest BCUT2D eigenvalue weighted by molar-refractivity contribution is 0.140. The van der Waals surface area contributed by atoms with Gasteiger partial charge in [-0.15, -0.1) is 12.4 Å². The van der Waals surface area contributed by atoms with Crippen LogP contribution in [0.25, 0.3) is 0 Å². The summed E-state index contributed by atoms with van der Waals surface area (Å²) < 4.78 is 5.44. The fraction of sp³-hybridized carbons (Fsp3) is 1.00. The second-order valence-electron chi connectivity index (χ2n) is 5.28. The first-order chi connectivity index (χ1) is 7.88. The minimum Gasteiger partial charge on any atom is -0.381 e. The van der Waals surface area contributed by atoms with E-state index < -0.39 is 0 Å². The van der Waals surface area contributed by atoms with Crippen molar-refractivity contribution in [2.45, 2.75) is 26.2 Å². The van der Waals surface area contributed by atoms with Gasteiger partial charge in [-0.05, 0) is 57.3 Å². The molecule has 0 amide bonds. The topological polar surface area (TPSA) is 24.5 Å². The zero-order valence-corrected chi connectivity index (χ0v) is 11.8. The number of piperidine rings is 1. The summed E-state index contributed by atoms with van der Waals surface area (Å²) in [5.41, 5.74) is 0. The minimum atomic E-state index is 0. The van der Waals surface area contributed by atoms with Gasteiger partial charge in [-0.3, -0.25) is 0 Å². The maximum Gasteiger partial charge on any atom is 0.0507 e. The van der Waals surface area contributed by atoms with Crippen LogP contribution in [0.1, 0.15) is 26.2 Å². The van der Waals surface area contributed by atoms with Gasteiger partial charge < -0.3 is 15.0 Å². The van der Waals surface area contributed by atoms with E-state index in [1.807, 2.05) is 0 Å². The van der Waals surface area contributed by atoms with Gasteiger partial charge in [-0.25, -0.2) is 0 Å². The van der Waals surface area contributed by atoms with E-state index in [0.29, 0.717) is 0 Å². The molecular weight excluding hydrogens is 236 g/mol. The van der Waals surface area contributed by atoms with Gasteiger partial charge in [0.25, 0.3) is 0 Å². The van der Waals surface area contributed by atoms with Gasteiger partial charge in [-0.2, -0.15) is 0 Å². The molecule has 0 aromatic carbocycles. The molecule has 0 spiro atoms. The summed E-state index contributed by atoms with van der Waals surface area (Å²) in [4.78, 5) is 2.64. The first kappa shape index (κ1) is 15.2. The molecule has 102 valence electrons. The van der Waals surface area contributed by atoms with E-state index in [1.54, 1.807) is 0 Å². The molecule has 0 aromatic rings. The molecule has 2 aliphatic rings. The third kappa shape index (κ3) is 5.12. The standard InChI is InChI=1S/C13H26N2O.ClH/c1-2-14-9-12-3-6-15(7-4-12)10-13-5-8-16-11-13;/h12-14H,2-11H2,1H3;1H. The van der Waals surface area contributed by atoms with E-state index in [0.717, 1.165) is 31.6 Å². The van der Waals surface area contributed by atoms with Gasteiger partial charge in [0.15, 0.2) is 0 Å². The Morgan fingerprint density at radius 3 is 2.53 bits per heavy atom. The van der Waals surface area contributed by atoms with Gasteiger partial charge in [0.2, 0.25) is 0 Å². The lowest BCUT2D eigenvalue weighted by Crippen LogP contribution is -2.39. The summed E-state index contributed by atoms with van der Waals surface area (Å²) in [6, 6.07) is 0. The molecular formula is C13H27ClN2O. The molecule has 2 saturated heterocycles. The SMILES string of the molecule is CCNCC1CCN(CC2CCOC2)CC1.Cl. The first-order valence-corrected chi connectivity index (χ1v) is 6.89. The van der Waals surface area contributed by atoms with Crippen molar-refractivity contribution in [2.75, 3.05) is 45.9 Å². The van der Waals surface area contributed by atoms with Gasteiger partial charge in [0, 0.05) is 13.2 Å². The van der Waals surface area contributed by atoms with E-state index in [4.69, 9.17) is 4.74 Å². The molecule has 0 saturated carbocycles. The summed E-state index contributed by atoms with van der Waals surface area (Å²) in [5.74, 6) is 1.72. The van der Waals surface area contributed by atoms with Crippen molar-refractivity contribution in [3.8, 4) is 0 Å². The number of ether oxygens (including phenoxy) is 1. The van der Waals surface area contributed by atoms with Crippen molar-refractivity contribution in [3.63, 3.8) is 0 Å². The number of nitrogens with one attached hydrogen (secondary N) is 1. The number of likely N-dealkylation sites (tertiary alicyclic amines) is 1.